The maximum atomic E-state index is 5.89. The van der Waals surface area contributed by atoms with Gasteiger partial charge in [0.25, 0.3) is 0 Å². The number of aromatic nitrogens is 1. The minimum absolute atomic E-state index is 0.00731. The summed E-state index contributed by atoms with van der Waals surface area (Å²) in [7, 11) is 1.65. The zero-order chi connectivity index (χ0) is 17.9. The van der Waals surface area contributed by atoms with Crippen molar-refractivity contribution in [3.05, 3.63) is 54.4 Å². The molecule has 6 nitrogen and oxygen atoms in total. The van der Waals surface area contributed by atoms with E-state index in [0.29, 0.717) is 13.1 Å². The molecule has 0 saturated carbocycles. The van der Waals surface area contributed by atoms with Crippen LogP contribution in [-0.4, -0.2) is 37.2 Å². The minimum atomic E-state index is -0.00731. The summed E-state index contributed by atoms with van der Waals surface area (Å²) in [6.45, 7) is 6.01. The first-order valence-electron chi connectivity index (χ1n) is 8.44. The van der Waals surface area contributed by atoms with Crippen molar-refractivity contribution in [2.24, 2.45) is 4.99 Å². The van der Waals surface area contributed by atoms with Crippen molar-refractivity contribution in [2.45, 2.75) is 26.5 Å². The maximum absolute atomic E-state index is 5.89. The Bertz CT molecular complexity index is 644. The molecule has 2 rings (SSSR count). The van der Waals surface area contributed by atoms with Crippen LogP contribution in [0.2, 0.25) is 0 Å². The van der Waals surface area contributed by atoms with Crippen LogP contribution >= 0.6 is 0 Å². The SMILES string of the molecule is CCNC(=NCc1ccccn1)NCC(C)Oc1ccc(OC)cc1. The molecule has 0 radical (unpaired) electrons. The van der Waals surface area contributed by atoms with Crippen molar-refractivity contribution in [2.75, 3.05) is 20.2 Å². The van der Waals surface area contributed by atoms with Crippen molar-refractivity contribution in [1.29, 1.82) is 0 Å². The van der Waals surface area contributed by atoms with Crippen LogP contribution in [-0.2, 0) is 6.54 Å². The molecule has 1 atom stereocenters. The Kier molecular flexibility index (Phi) is 7.56. The number of hydrogen-bond donors (Lipinski definition) is 2. The first-order valence-corrected chi connectivity index (χ1v) is 8.44. The van der Waals surface area contributed by atoms with Crippen LogP contribution < -0.4 is 20.1 Å². The largest absolute Gasteiger partial charge is 0.497 e. The average Bonchev–Trinajstić information content (AvgIpc) is 2.65. The maximum Gasteiger partial charge on any atom is 0.191 e. The van der Waals surface area contributed by atoms with Crippen molar-refractivity contribution in [1.82, 2.24) is 15.6 Å². The van der Waals surface area contributed by atoms with E-state index in [1.54, 1.807) is 13.3 Å². The normalized spacial score (nSPS) is 12.4. The van der Waals surface area contributed by atoms with Gasteiger partial charge in [-0.2, -0.15) is 0 Å². The number of hydrogen-bond acceptors (Lipinski definition) is 4. The lowest BCUT2D eigenvalue weighted by Gasteiger charge is -2.17. The van der Waals surface area contributed by atoms with Crippen LogP contribution in [0.25, 0.3) is 0 Å². The van der Waals surface area contributed by atoms with Gasteiger partial charge in [0.1, 0.15) is 17.6 Å². The van der Waals surface area contributed by atoms with Crippen molar-refractivity contribution in [3.8, 4) is 11.5 Å². The van der Waals surface area contributed by atoms with E-state index >= 15 is 0 Å². The fraction of sp³-hybridized carbons (Fsp3) is 0.368. The Morgan fingerprint density at radius 3 is 2.52 bits per heavy atom. The summed E-state index contributed by atoms with van der Waals surface area (Å²) >= 11 is 0. The zero-order valence-electron chi connectivity index (χ0n) is 15.0. The second-order valence-corrected chi connectivity index (χ2v) is 5.50. The average molecular weight is 342 g/mol. The van der Waals surface area contributed by atoms with Crippen LogP contribution in [0, 0.1) is 0 Å². The second kappa shape index (κ2) is 10.2. The third-order valence-electron chi connectivity index (χ3n) is 3.42. The van der Waals surface area contributed by atoms with Gasteiger partial charge < -0.3 is 20.1 Å². The molecule has 1 unspecified atom stereocenters. The number of aliphatic imine (C=N–C) groups is 1. The summed E-state index contributed by atoms with van der Waals surface area (Å²) in [6, 6.07) is 13.4. The molecule has 0 aliphatic rings. The van der Waals surface area contributed by atoms with E-state index in [2.05, 4.69) is 20.6 Å². The molecule has 1 aromatic heterocycles. The molecule has 134 valence electrons. The first-order chi connectivity index (χ1) is 12.2. The molecule has 25 heavy (non-hydrogen) atoms. The predicted octanol–water partition coefficient (Wildman–Crippen LogP) is 2.61. The molecular formula is C19H26N4O2. The van der Waals surface area contributed by atoms with Gasteiger partial charge in [0, 0.05) is 12.7 Å². The van der Waals surface area contributed by atoms with Gasteiger partial charge in [0.15, 0.2) is 5.96 Å². The van der Waals surface area contributed by atoms with Crippen LogP contribution in [0.4, 0.5) is 0 Å². The summed E-state index contributed by atoms with van der Waals surface area (Å²) in [5.41, 5.74) is 0.933. The summed E-state index contributed by atoms with van der Waals surface area (Å²) < 4.78 is 11.0. The lowest BCUT2D eigenvalue weighted by molar-refractivity contribution is 0.223. The second-order valence-electron chi connectivity index (χ2n) is 5.50. The Morgan fingerprint density at radius 2 is 1.88 bits per heavy atom. The lowest BCUT2D eigenvalue weighted by atomic mass is 10.3. The van der Waals surface area contributed by atoms with E-state index in [1.165, 1.54) is 0 Å². The lowest BCUT2D eigenvalue weighted by Crippen LogP contribution is -2.41. The number of benzene rings is 1. The smallest absolute Gasteiger partial charge is 0.191 e. The number of rotatable bonds is 8. The summed E-state index contributed by atoms with van der Waals surface area (Å²) in [5, 5.41) is 6.52. The quantitative estimate of drug-likeness (QED) is 0.570. The summed E-state index contributed by atoms with van der Waals surface area (Å²) in [5.74, 6) is 2.37. The van der Waals surface area contributed by atoms with E-state index in [9.17, 15) is 0 Å². The highest BCUT2D eigenvalue weighted by molar-refractivity contribution is 5.79. The topological polar surface area (TPSA) is 67.8 Å². The van der Waals surface area contributed by atoms with E-state index in [0.717, 1.165) is 29.7 Å². The number of nitrogens with one attached hydrogen (secondary N) is 2. The molecule has 6 heteroatoms. The van der Waals surface area contributed by atoms with Gasteiger partial charge in [-0.1, -0.05) is 6.07 Å². The van der Waals surface area contributed by atoms with E-state index in [4.69, 9.17) is 9.47 Å². The van der Waals surface area contributed by atoms with Gasteiger partial charge >= 0.3 is 0 Å². The molecule has 0 spiro atoms. The molecule has 0 aliphatic carbocycles. The van der Waals surface area contributed by atoms with Crippen molar-refractivity contribution >= 4 is 5.96 Å². The molecule has 2 N–H and O–H groups in total. The Balaban J connectivity index is 1.84. The minimum Gasteiger partial charge on any atom is -0.497 e. The fourth-order valence-electron chi connectivity index (χ4n) is 2.16. The number of ether oxygens (including phenoxy) is 2. The zero-order valence-corrected chi connectivity index (χ0v) is 15.0. The first kappa shape index (κ1) is 18.6. The molecule has 0 amide bonds. The number of pyridine rings is 1. The van der Waals surface area contributed by atoms with Gasteiger partial charge in [0.2, 0.25) is 0 Å². The fourth-order valence-corrected chi connectivity index (χ4v) is 2.16. The van der Waals surface area contributed by atoms with E-state index in [-0.39, 0.29) is 6.10 Å². The third kappa shape index (κ3) is 6.71. The van der Waals surface area contributed by atoms with Crippen molar-refractivity contribution < 1.29 is 9.47 Å². The molecule has 1 aromatic carbocycles. The standard InChI is InChI=1S/C19H26N4O2/c1-4-20-19(23-14-16-7-5-6-12-21-16)22-13-15(2)25-18-10-8-17(24-3)9-11-18/h5-12,15H,4,13-14H2,1-3H3,(H2,20,22,23). The summed E-state index contributed by atoms with van der Waals surface area (Å²) in [6.07, 6.45) is 1.77. The van der Waals surface area contributed by atoms with Crippen LogP contribution in [0.1, 0.15) is 19.5 Å². The third-order valence-corrected chi connectivity index (χ3v) is 3.42. The van der Waals surface area contributed by atoms with Gasteiger partial charge in [-0.15, -0.1) is 0 Å². The Hall–Kier alpha value is -2.76. The predicted molar refractivity (Wildman–Crippen MR) is 100 cm³/mol. The Morgan fingerprint density at radius 1 is 1.12 bits per heavy atom. The Labute approximate surface area is 149 Å². The van der Waals surface area contributed by atoms with Crippen LogP contribution in [0.5, 0.6) is 11.5 Å². The van der Waals surface area contributed by atoms with E-state index < -0.39 is 0 Å². The molecule has 0 aliphatic heterocycles. The molecule has 2 aromatic rings. The van der Waals surface area contributed by atoms with Crippen molar-refractivity contribution in [3.63, 3.8) is 0 Å². The van der Waals surface area contributed by atoms with Gasteiger partial charge in [0.05, 0.1) is 25.9 Å². The van der Waals surface area contributed by atoms with Gasteiger partial charge in [-0.25, -0.2) is 4.99 Å². The monoisotopic (exact) mass is 342 g/mol. The summed E-state index contributed by atoms with van der Waals surface area (Å²) in [4.78, 5) is 8.82. The highest BCUT2D eigenvalue weighted by atomic mass is 16.5. The highest BCUT2D eigenvalue weighted by Gasteiger charge is 2.06. The molecule has 1 heterocycles. The molecular weight excluding hydrogens is 316 g/mol. The van der Waals surface area contributed by atoms with Gasteiger partial charge in [-0.05, 0) is 50.2 Å². The van der Waals surface area contributed by atoms with Crippen LogP contribution in [0.3, 0.4) is 0 Å². The van der Waals surface area contributed by atoms with E-state index in [1.807, 2.05) is 56.3 Å². The molecule has 0 fully saturated rings. The molecule has 0 bridgehead atoms. The number of nitrogens with zero attached hydrogens (tertiary/aromatic N) is 2. The van der Waals surface area contributed by atoms with Crippen LogP contribution in [0.15, 0.2) is 53.7 Å². The molecule has 0 saturated heterocycles. The number of methoxy groups -OCH3 is 1. The number of guanidine groups is 1. The van der Waals surface area contributed by atoms with Gasteiger partial charge in [-0.3, -0.25) is 4.98 Å². The highest BCUT2D eigenvalue weighted by Crippen LogP contribution is 2.17.